The van der Waals surface area contributed by atoms with Crippen LogP contribution in [0.25, 0.3) is 0 Å². The Labute approximate surface area is 128 Å². The number of amidine groups is 1. The summed E-state index contributed by atoms with van der Waals surface area (Å²) in [5.41, 5.74) is 1.41. The van der Waals surface area contributed by atoms with Gasteiger partial charge >= 0.3 is 0 Å². The van der Waals surface area contributed by atoms with Gasteiger partial charge < -0.3 is 4.74 Å². The molecule has 1 N–H and O–H groups in total. The predicted octanol–water partition coefficient (Wildman–Crippen LogP) is 3.27. The number of methoxy groups -OCH3 is 1. The first-order valence-electron chi connectivity index (χ1n) is 6.39. The van der Waals surface area contributed by atoms with Gasteiger partial charge in [-0.25, -0.2) is 4.99 Å². The average Bonchev–Trinajstić information content (AvgIpc) is 2.52. The molecule has 0 saturated carbocycles. The molecule has 21 heavy (non-hydrogen) atoms. The van der Waals surface area contributed by atoms with Gasteiger partial charge in [-0.1, -0.05) is 54.1 Å². The van der Waals surface area contributed by atoms with Crippen molar-refractivity contribution in [3.63, 3.8) is 0 Å². The van der Waals surface area contributed by atoms with E-state index in [0.29, 0.717) is 17.1 Å². The molecule has 0 fully saturated rings. The van der Waals surface area contributed by atoms with Crippen molar-refractivity contribution in [1.82, 2.24) is 5.32 Å². The van der Waals surface area contributed by atoms with E-state index in [-0.39, 0.29) is 11.9 Å². The van der Waals surface area contributed by atoms with Crippen LogP contribution in [0.2, 0.25) is 5.02 Å². The Kier molecular flexibility index (Phi) is 5.35. The quantitative estimate of drug-likeness (QED) is 0.699. The van der Waals surface area contributed by atoms with Crippen molar-refractivity contribution in [3.8, 4) is 0 Å². The van der Waals surface area contributed by atoms with Crippen LogP contribution < -0.4 is 5.32 Å². The van der Waals surface area contributed by atoms with E-state index in [9.17, 15) is 4.79 Å². The first kappa shape index (κ1) is 15.1. The minimum Gasteiger partial charge on any atom is -0.468 e. The van der Waals surface area contributed by atoms with Gasteiger partial charge in [0.05, 0.1) is 24.2 Å². The minimum absolute atomic E-state index is 0.156. The number of ether oxygens (including phenoxy) is 1. The summed E-state index contributed by atoms with van der Waals surface area (Å²) in [6.45, 7) is 0.423. The van der Waals surface area contributed by atoms with Crippen LogP contribution in [0.4, 0.5) is 0 Å². The van der Waals surface area contributed by atoms with Crippen molar-refractivity contribution in [2.75, 3.05) is 7.11 Å². The predicted molar refractivity (Wildman–Crippen MR) is 83.5 cm³/mol. The second kappa shape index (κ2) is 7.45. The van der Waals surface area contributed by atoms with E-state index >= 15 is 0 Å². The van der Waals surface area contributed by atoms with Crippen LogP contribution in [-0.2, 0) is 11.3 Å². The minimum atomic E-state index is -0.353. The highest BCUT2D eigenvalue weighted by molar-refractivity contribution is 6.34. The second-order valence-electron chi connectivity index (χ2n) is 4.25. The zero-order valence-corrected chi connectivity index (χ0v) is 12.3. The fourth-order valence-corrected chi connectivity index (χ4v) is 1.93. The zero-order chi connectivity index (χ0) is 15.1. The molecular formula is C16H15ClN2O2. The third-order valence-corrected chi connectivity index (χ3v) is 3.11. The van der Waals surface area contributed by atoms with Gasteiger partial charge in [0.1, 0.15) is 0 Å². The molecule has 5 heteroatoms. The summed E-state index contributed by atoms with van der Waals surface area (Å²) in [4.78, 5) is 16.3. The summed E-state index contributed by atoms with van der Waals surface area (Å²) < 4.78 is 5.08. The van der Waals surface area contributed by atoms with Crippen molar-refractivity contribution in [2.45, 2.75) is 6.54 Å². The monoisotopic (exact) mass is 302 g/mol. The van der Waals surface area contributed by atoms with Gasteiger partial charge in [0.2, 0.25) is 0 Å². The highest BCUT2D eigenvalue weighted by atomic mass is 35.5. The summed E-state index contributed by atoms with van der Waals surface area (Å²) in [5.74, 6) is -0.353. The van der Waals surface area contributed by atoms with Crippen LogP contribution in [0.1, 0.15) is 15.9 Å². The lowest BCUT2D eigenvalue weighted by Crippen LogP contribution is -2.32. The molecule has 0 atom stereocenters. The number of rotatable bonds is 3. The van der Waals surface area contributed by atoms with Gasteiger partial charge in [-0.3, -0.25) is 10.1 Å². The van der Waals surface area contributed by atoms with Crippen LogP contribution in [0, 0.1) is 0 Å². The van der Waals surface area contributed by atoms with Crippen molar-refractivity contribution in [3.05, 3.63) is 70.7 Å². The van der Waals surface area contributed by atoms with E-state index in [4.69, 9.17) is 16.3 Å². The van der Waals surface area contributed by atoms with Crippen LogP contribution in [0.15, 0.2) is 59.6 Å². The number of benzene rings is 2. The summed E-state index contributed by atoms with van der Waals surface area (Å²) >= 11 is 5.98. The molecule has 0 aromatic heterocycles. The molecule has 0 aliphatic rings. The lowest BCUT2D eigenvalue weighted by molar-refractivity contribution is 0.0968. The molecule has 2 aromatic rings. The average molecular weight is 303 g/mol. The van der Waals surface area contributed by atoms with E-state index in [1.54, 1.807) is 24.3 Å². The molecule has 4 nitrogen and oxygen atoms in total. The molecule has 1 amide bonds. The van der Waals surface area contributed by atoms with E-state index < -0.39 is 0 Å². The molecule has 0 spiro atoms. The third-order valence-electron chi connectivity index (χ3n) is 2.78. The summed E-state index contributed by atoms with van der Waals surface area (Å²) in [6, 6.07) is 16.7. The summed E-state index contributed by atoms with van der Waals surface area (Å²) in [6.07, 6.45) is 0. The Balaban J connectivity index is 2.05. The topological polar surface area (TPSA) is 50.7 Å². The smallest absolute Gasteiger partial charge is 0.291 e. The van der Waals surface area contributed by atoms with E-state index in [2.05, 4.69) is 10.3 Å². The van der Waals surface area contributed by atoms with E-state index in [1.807, 2.05) is 30.3 Å². The Morgan fingerprint density at radius 2 is 1.81 bits per heavy atom. The van der Waals surface area contributed by atoms with Crippen molar-refractivity contribution in [1.29, 1.82) is 0 Å². The maximum atomic E-state index is 12.1. The number of hydrogen-bond acceptors (Lipinski definition) is 3. The first-order chi connectivity index (χ1) is 10.2. The molecule has 0 aliphatic carbocycles. The highest BCUT2D eigenvalue weighted by Crippen LogP contribution is 2.14. The molecule has 2 rings (SSSR count). The Morgan fingerprint density at radius 1 is 1.14 bits per heavy atom. The van der Waals surface area contributed by atoms with E-state index in [0.717, 1.165) is 5.56 Å². The number of carbonyl (C=O) groups excluding carboxylic acids is 1. The molecular weight excluding hydrogens is 288 g/mol. The van der Waals surface area contributed by atoms with Gasteiger partial charge in [-0.05, 0) is 17.7 Å². The second-order valence-corrected chi connectivity index (χ2v) is 4.65. The van der Waals surface area contributed by atoms with Gasteiger partial charge in [-0.15, -0.1) is 0 Å². The molecule has 0 saturated heterocycles. The Hall–Kier alpha value is -2.33. The number of amides is 1. The lowest BCUT2D eigenvalue weighted by Gasteiger charge is -2.08. The SMILES string of the molecule is COC(=NCc1ccccc1)NC(=O)c1ccccc1Cl. The van der Waals surface area contributed by atoms with Crippen LogP contribution in [0.3, 0.4) is 0 Å². The molecule has 0 aliphatic heterocycles. The number of nitrogens with one attached hydrogen (secondary N) is 1. The number of aliphatic imine (C=N–C) groups is 1. The Morgan fingerprint density at radius 3 is 2.48 bits per heavy atom. The molecule has 0 heterocycles. The number of carbonyl (C=O) groups is 1. The largest absolute Gasteiger partial charge is 0.468 e. The standard InChI is InChI=1S/C16H15ClN2O2/c1-21-16(18-11-12-7-3-2-4-8-12)19-15(20)13-9-5-6-10-14(13)17/h2-10H,11H2,1H3,(H,18,19,20). The van der Waals surface area contributed by atoms with Gasteiger partial charge in [0, 0.05) is 0 Å². The highest BCUT2D eigenvalue weighted by Gasteiger charge is 2.12. The van der Waals surface area contributed by atoms with Crippen LogP contribution in [0.5, 0.6) is 0 Å². The fraction of sp³-hybridized carbons (Fsp3) is 0.125. The summed E-state index contributed by atoms with van der Waals surface area (Å²) in [5, 5.41) is 2.98. The maximum Gasteiger partial charge on any atom is 0.291 e. The molecule has 0 unspecified atom stereocenters. The maximum absolute atomic E-state index is 12.1. The molecule has 2 aromatic carbocycles. The van der Waals surface area contributed by atoms with Crippen molar-refractivity contribution in [2.24, 2.45) is 4.99 Å². The zero-order valence-electron chi connectivity index (χ0n) is 11.5. The number of hydrogen-bond donors (Lipinski definition) is 1. The first-order valence-corrected chi connectivity index (χ1v) is 6.76. The van der Waals surface area contributed by atoms with Crippen LogP contribution >= 0.6 is 11.6 Å². The fourth-order valence-electron chi connectivity index (χ4n) is 1.71. The lowest BCUT2D eigenvalue weighted by atomic mass is 10.2. The van der Waals surface area contributed by atoms with Crippen molar-refractivity contribution >= 4 is 23.5 Å². The van der Waals surface area contributed by atoms with Gasteiger partial charge in [0.15, 0.2) is 0 Å². The number of halogens is 1. The third kappa shape index (κ3) is 4.33. The molecule has 108 valence electrons. The molecule has 0 radical (unpaired) electrons. The van der Waals surface area contributed by atoms with E-state index in [1.165, 1.54) is 7.11 Å². The number of nitrogens with zero attached hydrogens (tertiary/aromatic N) is 1. The normalized spacial score (nSPS) is 11.0. The van der Waals surface area contributed by atoms with Crippen LogP contribution in [-0.4, -0.2) is 19.0 Å². The van der Waals surface area contributed by atoms with Gasteiger partial charge in [-0.2, -0.15) is 0 Å². The Bertz CT molecular complexity index is 642. The van der Waals surface area contributed by atoms with Gasteiger partial charge in [0.25, 0.3) is 11.9 Å². The van der Waals surface area contributed by atoms with Crippen molar-refractivity contribution < 1.29 is 9.53 Å². The summed E-state index contributed by atoms with van der Waals surface area (Å²) in [7, 11) is 1.46. The molecule has 0 bridgehead atoms.